The van der Waals surface area contributed by atoms with Gasteiger partial charge in [-0.3, -0.25) is 4.79 Å². The molecule has 39 heavy (non-hydrogen) atoms. The van der Waals surface area contributed by atoms with Gasteiger partial charge >= 0.3 is 5.97 Å². The normalized spacial score (nSPS) is 15.9. The van der Waals surface area contributed by atoms with E-state index in [1.165, 1.54) is 0 Å². The first-order chi connectivity index (χ1) is 18.7. The number of benzene rings is 2. The smallest absolute Gasteiger partial charge is 0.339 e. The van der Waals surface area contributed by atoms with E-state index in [9.17, 15) is 9.59 Å². The van der Waals surface area contributed by atoms with Crippen molar-refractivity contribution in [1.29, 1.82) is 5.26 Å². The van der Waals surface area contributed by atoms with Crippen LogP contribution >= 0.6 is 11.3 Å². The van der Waals surface area contributed by atoms with E-state index in [-0.39, 0.29) is 5.41 Å². The molecular formula is C32H29N3O3S. The molecule has 1 amide bonds. The Kier molecular flexibility index (Phi) is 7.32. The number of carbonyl (C=O) groups excluding carboxylic acids is 2. The number of para-hydroxylation sites is 1. The zero-order chi connectivity index (χ0) is 27.6. The lowest BCUT2D eigenvalue weighted by molar-refractivity contribution is -0.119. The first-order valence-electron chi connectivity index (χ1n) is 12.9. The number of nitrogens with zero attached hydrogens (tertiary/aromatic N) is 2. The van der Waals surface area contributed by atoms with E-state index >= 15 is 0 Å². The number of rotatable bonds is 5. The molecule has 0 bridgehead atoms. The third-order valence-electron chi connectivity index (χ3n) is 7.11. The first kappa shape index (κ1) is 26.3. The molecule has 0 aliphatic heterocycles. The van der Waals surface area contributed by atoms with Gasteiger partial charge in [-0.25, -0.2) is 9.78 Å². The molecule has 5 rings (SSSR count). The van der Waals surface area contributed by atoms with Crippen molar-refractivity contribution in [3.63, 3.8) is 0 Å². The molecule has 6 nitrogen and oxygen atoms in total. The lowest BCUT2D eigenvalue weighted by atomic mass is 9.69. The second kappa shape index (κ2) is 10.8. The quantitative estimate of drug-likeness (QED) is 0.275. The average Bonchev–Trinajstić information content (AvgIpc) is 3.43. The molecule has 7 heteroatoms. The fraction of sp³-hybridized carbons (Fsp3) is 0.250. The van der Waals surface area contributed by atoms with Gasteiger partial charge in [0.1, 0.15) is 0 Å². The molecule has 2 aromatic carbocycles. The van der Waals surface area contributed by atoms with Crippen LogP contribution in [0.2, 0.25) is 0 Å². The van der Waals surface area contributed by atoms with Gasteiger partial charge in [-0.2, -0.15) is 5.26 Å². The fourth-order valence-electron chi connectivity index (χ4n) is 4.98. The molecule has 196 valence electrons. The summed E-state index contributed by atoms with van der Waals surface area (Å²) in [5.41, 5.74) is 4.90. The van der Waals surface area contributed by atoms with Crippen LogP contribution in [0.5, 0.6) is 0 Å². The maximum Gasteiger partial charge on any atom is 0.339 e. The van der Waals surface area contributed by atoms with Crippen LogP contribution in [0.15, 0.2) is 66.0 Å². The molecule has 0 unspecified atom stereocenters. The van der Waals surface area contributed by atoms with Crippen LogP contribution in [0, 0.1) is 22.7 Å². The second-order valence-electron chi connectivity index (χ2n) is 10.8. The number of allylic oxidation sites excluding steroid dienone is 1. The number of ether oxygens (including phenoxy) is 1. The van der Waals surface area contributed by atoms with Gasteiger partial charge in [-0.1, -0.05) is 51.1 Å². The maximum atomic E-state index is 13.7. The molecule has 0 saturated heterocycles. The van der Waals surface area contributed by atoms with Crippen molar-refractivity contribution in [2.75, 3.05) is 11.9 Å². The zero-order valence-electron chi connectivity index (χ0n) is 22.2. The predicted octanol–water partition coefficient (Wildman–Crippen LogP) is 7.11. The summed E-state index contributed by atoms with van der Waals surface area (Å²) in [6.45, 7) is 6.23. The Bertz CT molecular complexity index is 1620. The van der Waals surface area contributed by atoms with Crippen LogP contribution in [-0.4, -0.2) is 23.5 Å². The molecule has 0 saturated carbocycles. The van der Waals surface area contributed by atoms with Gasteiger partial charge in [0.25, 0.3) is 5.91 Å². The molecule has 4 aromatic rings. The molecule has 0 spiro atoms. The van der Waals surface area contributed by atoms with Crippen LogP contribution in [0.25, 0.3) is 22.6 Å². The number of nitriles is 1. The lowest BCUT2D eigenvalue weighted by Gasteiger charge is -2.36. The Hall–Kier alpha value is -4.28. The van der Waals surface area contributed by atoms with Crippen molar-refractivity contribution in [1.82, 2.24) is 4.98 Å². The monoisotopic (exact) mass is 535 g/mol. The third-order valence-corrected chi connectivity index (χ3v) is 7.93. The Labute approximate surface area is 232 Å². The van der Waals surface area contributed by atoms with Crippen molar-refractivity contribution < 1.29 is 14.3 Å². The van der Waals surface area contributed by atoms with Crippen LogP contribution < -0.4 is 5.32 Å². The summed E-state index contributed by atoms with van der Waals surface area (Å²) >= 11 is 1.67. The highest BCUT2D eigenvalue weighted by Gasteiger charge is 2.35. The molecule has 1 aliphatic carbocycles. The summed E-state index contributed by atoms with van der Waals surface area (Å²) in [6.07, 6.45) is 3.73. The molecule has 1 aliphatic rings. The Morgan fingerprint density at radius 2 is 1.95 bits per heavy atom. The summed E-state index contributed by atoms with van der Waals surface area (Å²) in [4.78, 5) is 32.5. The van der Waals surface area contributed by atoms with Crippen LogP contribution in [0.4, 0.5) is 5.69 Å². The maximum absolute atomic E-state index is 13.7. The summed E-state index contributed by atoms with van der Waals surface area (Å²) < 4.78 is 5.59. The number of hydrogen-bond acceptors (Lipinski definition) is 6. The first-order valence-corrected chi connectivity index (χ1v) is 13.7. The number of carbonyl (C=O) groups is 2. The van der Waals surface area contributed by atoms with Crippen molar-refractivity contribution in [3.05, 3.63) is 93.3 Å². The fourth-order valence-corrected chi connectivity index (χ4v) is 5.66. The van der Waals surface area contributed by atoms with Crippen LogP contribution in [-0.2, 0) is 16.0 Å². The highest BCUT2D eigenvalue weighted by molar-refractivity contribution is 7.10. The van der Waals surface area contributed by atoms with E-state index in [1.807, 2.05) is 36.4 Å². The van der Waals surface area contributed by atoms with Gasteiger partial charge in [0.05, 0.1) is 28.4 Å². The van der Waals surface area contributed by atoms with Gasteiger partial charge in [0.15, 0.2) is 6.61 Å². The molecule has 2 aromatic heterocycles. The number of aromatic nitrogens is 1. The van der Waals surface area contributed by atoms with Crippen LogP contribution in [0.3, 0.4) is 0 Å². The number of amides is 1. The predicted molar refractivity (Wildman–Crippen MR) is 155 cm³/mol. The number of esters is 1. The third kappa shape index (κ3) is 5.76. The number of thiophene rings is 1. The van der Waals surface area contributed by atoms with E-state index in [2.05, 4.69) is 43.6 Å². The Morgan fingerprint density at radius 3 is 2.69 bits per heavy atom. The van der Waals surface area contributed by atoms with E-state index < -0.39 is 18.5 Å². The number of pyridine rings is 1. The average molecular weight is 536 g/mol. The van der Waals surface area contributed by atoms with E-state index in [1.54, 1.807) is 35.6 Å². The Balaban J connectivity index is 1.51. The molecular weight excluding hydrogens is 506 g/mol. The van der Waals surface area contributed by atoms with Gasteiger partial charge in [0, 0.05) is 16.0 Å². The minimum absolute atomic E-state index is 0.0108. The van der Waals surface area contributed by atoms with E-state index in [0.29, 0.717) is 40.1 Å². The second-order valence-corrected chi connectivity index (χ2v) is 11.8. The lowest BCUT2D eigenvalue weighted by Crippen LogP contribution is -2.29. The number of nitrogens with one attached hydrogen (secondary N) is 1. The molecule has 0 radical (unpaired) electrons. The summed E-state index contributed by atoms with van der Waals surface area (Å²) in [6, 6.07) is 20.3. The highest BCUT2D eigenvalue weighted by Crippen LogP contribution is 2.45. The highest BCUT2D eigenvalue weighted by atomic mass is 32.1. The number of anilines is 1. The van der Waals surface area contributed by atoms with Gasteiger partial charge in [-0.05, 0) is 77.1 Å². The Morgan fingerprint density at radius 1 is 1.13 bits per heavy atom. The SMILES string of the molecule is CC(C)(C)[C@@H]1C/C(=C/c2cccs2)c2nc3ccccc3c(C(=O)OCC(=O)Nc3cccc(C#N)c3)c2C1. The molecule has 1 atom stereocenters. The van der Waals surface area contributed by atoms with Crippen LogP contribution in [0.1, 0.15) is 59.2 Å². The van der Waals surface area contributed by atoms with Crippen molar-refractivity contribution >= 4 is 51.5 Å². The summed E-state index contributed by atoms with van der Waals surface area (Å²) in [7, 11) is 0. The number of hydrogen-bond donors (Lipinski definition) is 1. The number of fused-ring (bicyclic) bond motifs is 2. The molecule has 0 fully saturated rings. The van der Waals surface area contributed by atoms with Gasteiger partial charge < -0.3 is 10.1 Å². The largest absolute Gasteiger partial charge is 0.452 e. The minimum atomic E-state index is -0.546. The molecule has 1 N–H and O–H groups in total. The van der Waals surface area contributed by atoms with E-state index in [0.717, 1.165) is 28.1 Å². The standard InChI is InChI=1S/C32H29N3O3S/c1-32(2,3)22-15-21(16-24-10-7-13-39-24)30-26(17-22)29(25-11-4-5-12-27(25)35-30)31(37)38-19-28(36)34-23-9-6-8-20(14-23)18-33/h4-14,16,22H,15,17,19H2,1-3H3,(H,34,36)/b21-16-/t22-/m1/s1. The molecule has 2 heterocycles. The van der Waals surface area contributed by atoms with Crippen molar-refractivity contribution in [2.45, 2.75) is 33.6 Å². The van der Waals surface area contributed by atoms with Crippen molar-refractivity contribution in [3.8, 4) is 6.07 Å². The summed E-state index contributed by atoms with van der Waals surface area (Å²) in [5.74, 6) is -0.728. The minimum Gasteiger partial charge on any atom is -0.452 e. The van der Waals surface area contributed by atoms with E-state index in [4.69, 9.17) is 15.0 Å². The van der Waals surface area contributed by atoms with Gasteiger partial charge in [0.2, 0.25) is 0 Å². The topological polar surface area (TPSA) is 92.1 Å². The van der Waals surface area contributed by atoms with Crippen molar-refractivity contribution in [2.24, 2.45) is 11.3 Å². The van der Waals surface area contributed by atoms with Gasteiger partial charge in [-0.15, -0.1) is 11.3 Å². The zero-order valence-corrected chi connectivity index (χ0v) is 23.0. The summed E-state index contributed by atoms with van der Waals surface area (Å²) in [5, 5.41) is 14.6.